The van der Waals surface area contributed by atoms with Crippen LogP contribution in [0.3, 0.4) is 0 Å². The summed E-state index contributed by atoms with van der Waals surface area (Å²) < 4.78 is 79.7. The summed E-state index contributed by atoms with van der Waals surface area (Å²) in [5.74, 6) is -10.8. The number of benzene rings is 2. The maximum atomic E-state index is 13.7. The number of alkyl halides is 6. The Morgan fingerprint density at radius 1 is 0.978 bits per heavy atom. The number of primary amides is 1. The summed E-state index contributed by atoms with van der Waals surface area (Å²) in [6.45, 7) is 1.49. The molecule has 0 aliphatic heterocycles. The van der Waals surface area contributed by atoms with Crippen LogP contribution in [-0.4, -0.2) is 54.7 Å². The Morgan fingerprint density at radius 3 is 2.09 bits per heavy atom. The number of ketones is 2. The van der Waals surface area contributed by atoms with Crippen LogP contribution < -0.4 is 5.73 Å². The number of phenols is 1. The lowest BCUT2D eigenvalue weighted by Gasteiger charge is -2.50. The van der Waals surface area contributed by atoms with Gasteiger partial charge in [-0.3, -0.25) is 14.4 Å². The predicted molar refractivity (Wildman–Crippen MR) is 143 cm³/mol. The minimum atomic E-state index is -5.10. The van der Waals surface area contributed by atoms with Crippen molar-refractivity contribution in [3.8, 4) is 5.75 Å². The number of amides is 1. The summed E-state index contributed by atoms with van der Waals surface area (Å²) in [6.07, 6.45) is -10.9. The van der Waals surface area contributed by atoms with Crippen molar-refractivity contribution < 1.29 is 66.3 Å². The van der Waals surface area contributed by atoms with Crippen LogP contribution in [0.4, 0.5) is 26.3 Å². The van der Waals surface area contributed by atoms with Crippen molar-refractivity contribution in [3.63, 3.8) is 0 Å². The van der Waals surface area contributed by atoms with Crippen molar-refractivity contribution in [1.82, 2.24) is 0 Å². The highest BCUT2D eigenvalue weighted by Crippen LogP contribution is 2.56. The van der Waals surface area contributed by atoms with Crippen LogP contribution in [0, 0.1) is 11.8 Å². The van der Waals surface area contributed by atoms with Crippen molar-refractivity contribution in [3.05, 3.63) is 80.6 Å². The number of carbonyl (C=O) groups excluding carboxylic acids is 3. The minimum absolute atomic E-state index is 0.0502. The van der Waals surface area contributed by atoms with E-state index in [0.717, 1.165) is 12.2 Å². The molecular weight excluding hydrogens is 616 g/mol. The Kier molecular flexibility index (Phi) is 7.21. The third kappa shape index (κ3) is 4.77. The normalized spacial score (nSPS) is 27.0. The molecule has 0 saturated heterocycles. The molecule has 2 aromatic carbocycles. The summed E-state index contributed by atoms with van der Waals surface area (Å²) in [5.41, 5.74) is -3.74. The van der Waals surface area contributed by atoms with E-state index in [1.165, 1.54) is 19.1 Å². The standard InChI is InChI=1S/C30H23F6NO8/c1-10-15-5-4-12(3-2-11-6-13(29(31,32)33)8-14(7-11)30(34,35)36)22(39)19(15)24(41)21-18(10)23(40)16-9-17(38)20(27(37)44)25(42)28(16,45)26(21)43/h2-8,10,16,18,23,39-42,45H,9H2,1H3,(H2,37,44)/b3-2+/t10-,16+,18+,23+,28+/m0/s1. The summed E-state index contributed by atoms with van der Waals surface area (Å²) >= 11 is 0. The third-order valence-corrected chi connectivity index (χ3v) is 8.60. The van der Waals surface area contributed by atoms with Crippen molar-refractivity contribution in [2.45, 2.75) is 43.3 Å². The zero-order chi connectivity index (χ0) is 33.5. The first-order valence-electron chi connectivity index (χ1n) is 13.2. The van der Waals surface area contributed by atoms with E-state index in [-0.39, 0.29) is 17.2 Å². The van der Waals surface area contributed by atoms with Gasteiger partial charge in [0.15, 0.2) is 11.4 Å². The van der Waals surface area contributed by atoms with Gasteiger partial charge in [0.2, 0.25) is 5.78 Å². The van der Waals surface area contributed by atoms with Gasteiger partial charge in [0.05, 0.1) is 22.8 Å². The zero-order valence-corrected chi connectivity index (χ0v) is 22.9. The lowest BCUT2D eigenvalue weighted by Crippen LogP contribution is -2.63. The number of rotatable bonds is 3. The average molecular weight is 640 g/mol. The number of fused-ring (bicyclic) bond motifs is 3. The molecule has 2 aromatic rings. The number of aliphatic hydroxyl groups is 4. The molecule has 0 bridgehead atoms. The second kappa shape index (κ2) is 10.2. The van der Waals surface area contributed by atoms with Gasteiger partial charge >= 0.3 is 12.4 Å². The number of hydrogen-bond donors (Lipinski definition) is 6. The van der Waals surface area contributed by atoms with Crippen molar-refractivity contribution in [2.24, 2.45) is 17.6 Å². The highest BCUT2D eigenvalue weighted by molar-refractivity contribution is 6.23. The Balaban J connectivity index is 1.64. The molecule has 9 nitrogen and oxygen atoms in total. The Labute approximate surface area is 249 Å². The monoisotopic (exact) mass is 639 g/mol. The van der Waals surface area contributed by atoms with Crippen LogP contribution in [0.5, 0.6) is 5.75 Å². The maximum Gasteiger partial charge on any atom is 0.416 e. The minimum Gasteiger partial charge on any atom is -0.508 e. The van der Waals surface area contributed by atoms with Gasteiger partial charge in [0, 0.05) is 29.4 Å². The highest BCUT2D eigenvalue weighted by atomic mass is 19.4. The summed E-state index contributed by atoms with van der Waals surface area (Å²) in [7, 11) is 0. The van der Waals surface area contributed by atoms with Crippen molar-refractivity contribution >= 4 is 35.4 Å². The predicted octanol–water partition coefficient (Wildman–Crippen LogP) is 4.16. The molecular formula is C30H23F6NO8. The van der Waals surface area contributed by atoms with Gasteiger partial charge in [-0.2, -0.15) is 26.3 Å². The van der Waals surface area contributed by atoms with Crippen LogP contribution in [-0.2, 0) is 26.7 Å². The molecule has 0 radical (unpaired) electrons. The first kappa shape index (κ1) is 31.8. The van der Waals surface area contributed by atoms with Gasteiger partial charge in [-0.1, -0.05) is 31.2 Å². The first-order chi connectivity index (χ1) is 20.7. The maximum absolute atomic E-state index is 13.7. The number of Topliss-reactive ketones (excluding diaryl/α,β-unsaturated/α-hetero) is 2. The average Bonchev–Trinajstić information content (AvgIpc) is 2.93. The Morgan fingerprint density at radius 2 is 1.56 bits per heavy atom. The van der Waals surface area contributed by atoms with Crippen LogP contribution in [0.15, 0.2) is 47.2 Å². The second-order valence-electron chi connectivity index (χ2n) is 11.1. The number of hydrogen-bond acceptors (Lipinski definition) is 8. The molecule has 238 valence electrons. The van der Waals surface area contributed by atoms with Crippen molar-refractivity contribution in [1.29, 1.82) is 0 Å². The second-order valence-corrected chi connectivity index (χ2v) is 11.1. The molecule has 15 heteroatoms. The molecule has 1 fully saturated rings. The fourth-order valence-corrected chi connectivity index (χ4v) is 6.41. The Hall–Kier alpha value is -4.63. The molecule has 1 saturated carbocycles. The SMILES string of the molecule is C[C@H]1c2ccc(/C=C/c3cc(C(F)(F)F)cc(C(F)(F)F)c3)c(O)c2C(O)=C2C(=O)[C@]3(O)C(O)=C(C(N)=O)C(=O)C[C@@H]3[C@@H](O)[C@@H]21. The lowest BCUT2D eigenvalue weighted by atomic mass is 9.55. The molecule has 45 heavy (non-hydrogen) atoms. The van der Waals surface area contributed by atoms with E-state index in [2.05, 4.69) is 0 Å². The summed E-state index contributed by atoms with van der Waals surface area (Å²) in [4.78, 5) is 38.1. The molecule has 3 aliphatic carbocycles. The number of carbonyl (C=O) groups is 3. The molecule has 3 aliphatic rings. The quantitative estimate of drug-likeness (QED) is 0.165. The highest BCUT2D eigenvalue weighted by Gasteiger charge is 2.64. The molecule has 0 spiro atoms. The Bertz CT molecular complexity index is 1740. The van der Waals surface area contributed by atoms with Crippen LogP contribution in [0.1, 0.15) is 52.6 Å². The molecule has 5 atom stereocenters. The van der Waals surface area contributed by atoms with E-state index >= 15 is 0 Å². The summed E-state index contributed by atoms with van der Waals surface area (Å²) in [6, 6.07) is 3.45. The molecule has 0 heterocycles. The number of halogens is 6. The number of aliphatic hydroxyl groups excluding tert-OH is 3. The van der Waals surface area contributed by atoms with Crippen LogP contribution in [0.25, 0.3) is 17.9 Å². The van der Waals surface area contributed by atoms with Gasteiger partial charge in [0.25, 0.3) is 5.91 Å². The third-order valence-electron chi connectivity index (χ3n) is 8.60. The van der Waals surface area contributed by atoms with Gasteiger partial charge in [-0.25, -0.2) is 0 Å². The fraction of sp³-hybridized carbons (Fsp3) is 0.300. The van der Waals surface area contributed by atoms with E-state index in [4.69, 9.17) is 5.73 Å². The van der Waals surface area contributed by atoms with Crippen molar-refractivity contribution in [2.75, 3.05) is 0 Å². The van der Waals surface area contributed by atoms with E-state index in [0.29, 0.717) is 12.1 Å². The van der Waals surface area contributed by atoms with E-state index in [1.54, 1.807) is 0 Å². The number of phenolic OH excluding ortho intramolecular Hbond substituents is 1. The lowest BCUT2D eigenvalue weighted by molar-refractivity contribution is -0.160. The van der Waals surface area contributed by atoms with Gasteiger partial charge in [-0.15, -0.1) is 0 Å². The van der Waals surface area contributed by atoms with Crippen LogP contribution >= 0.6 is 0 Å². The van der Waals surface area contributed by atoms with Crippen LogP contribution in [0.2, 0.25) is 0 Å². The largest absolute Gasteiger partial charge is 0.508 e. The molecule has 1 amide bonds. The first-order valence-corrected chi connectivity index (χ1v) is 13.2. The molecule has 5 rings (SSSR count). The van der Waals surface area contributed by atoms with Gasteiger partial charge in [-0.05, 0) is 35.2 Å². The van der Waals surface area contributed by atoms with Gasteiger partial charge < -0.3 is 31.3 Å². The summed E-state index contributed by atoms with van der Waals surface area (Å²) in [5, 5.41) is 55.7. The number of nitrogens with two attached hydrogens (primary N) is 1. The molecule has 0 unspecified atom stereocenters. The topological polar surface area (TPSA) is 178 Å². The zero-order valence-electron chi connectivity index (χ0n) is 22.9. The molecule has 0 aromatic heterocycles. The molecule has 7 N–H and O–H groups in total. The van der Waals surface area contributed by atoms with Gasteiger partial charge in [0.1, 0.15) is 22.8 Å². The number of aromatic hydroxyl groups is 1. The fourth-order valence-electron chi connectivity index (χ4n) is 6.41. The van der Waals surface area contributed by atoms with E-state index in [9.17, 15) is 66.3 Å². The van der Waals surface area contributed by atoms with E-state index < -0.39 is 116 Å². The van der Waals surface area contributed by atoms with E-state index in [1.807, 2.05) is 0 Å². The smallest absolute Gasteiger partial charge is 0.416 e.